The first kappa shape index (κ1) is 21.5. The van der Waals surface area contributed by atoms with Gasteiger partial charge in [0.15, 0.2) is 0 Å². The minimum Gasteiger partial charge on any atom is -0.464 e. The molecule has 2 heterocycles. The maximum Gasteiger partial charge on any atom is 0.331 e. The van der Waals surface area contributed by atoms with Crippen LogP contribution in [0, 0.1) is 6.92 Å². The number of thiophene rings is 1. The molecule has 2 aromatic heterocycles. The second kappa shape index (κ2) is 8.28. The summed E-state index contributed by atoms with van der Waals surface area (Å²) in [7, 11) is 0. The molecule has 3 rings (SSSR count). The number of nitrogens with zero attached hydrogens (tertiary/aromatic N) is 2. The van der Waals surface area contributed by atoms with Crippen molar-refractivity contribution in [1.82, 2.24) is 9.55 Å². The van der Waals surface area contributed by atoms with Crippen LogP contribution in [0.4, 0.5) is 0 Å². The van der Waals surface area contributed by atoms with Gasteiger partial charge >= 0.3 is 5.97 Å². The lowest BCUT2D eigenvalue weighted by atomic mass is 10.0. The maximum atomic E-state index is 13.7. The Hall–Kier alpha value is -2.18. The van der Waals surface area contributed by atoms with Gasteiger partial charge in [-0.05, 0) is 51.8 Å². The zero-order valence-electron chi connectivity index (χ0n) is 17.3. The first-order valence-corrected chi connectivity index (χ1v) is 10.9. The quantitative estimate of drug-likeness (QED) is 0.493. The number of ether oxygens (including phenoxy) is 1. The predicted molar refractivity (Wildman–Crippen MR) is 119 cm³/mol. The molecule has 0 aliphatic heterocycles. The lowest BCUT2D eigenvalue weighted by Gasteiger charge is -2.27. The van der Waals surface area contributed by atoms with Crippen LogP contribution < -0.4 is 5.56 Å². The highest BCUT2D eigenvalue weighted by atomic mass is 35.5. The molecule has 7 heteroatoms. The van der Waals surface area contributed by atoms with Gasteiger partial charge in [0.05, 0.1) is 12.0 Å². The molecule has 0 saturated heterocycles. The van der Waals surface area contributed by atoms with Crippen LogP contribution >= 0.6 is 22.9 Å². The summed E-state index contributed by atoms with van der Waals surface area (Å²) in [6, 6.07) is 7.41. The van der Waals surface area contributed by atoms with E-state index < -0.39 is 11.5 Å². The highest BCUT2D eigenvalue weighted by Gasteiger charge is 2.36. The highest BCUT2D eigenvalue weighted by Crippen LogP contribution is 2.37. The SMILES string of the molecule is CCCc1nc2sc(C)c(-c3ccc(Cl)cc3)c2c(=O)n1C(C)(C)C(=O)OCC. The number of fused-ring (bicyclic) bond motifs is 1. The summed E-state index contributed by atoms with van der Waals surface area (Å²) in [5.74, 6) is 0.160. The molecule has 5 nitrogen and oxygen atoms in total. The van der Waals surface area contributed by atoms with Crippen molar-refractivity contribution < 1.29 is 9.53 Å². The Kier molecular flexibility index (Phi) is 6.15. The van der Waals surface area contributed by atoms with Crippen molar-refractivity contribution in [3.05, 3.63) is 50.3 Å². The van der Waals surface area contributed by atoms with Gasteiger partial charge in [-0.15, -0.1) is 11.3 Å². The largest absolute Gasteiger partial charge is 0.464 e. The molecular formula is C22H25ClN2O3S. The summed E-state index contributed by atoms with van der Waals surface area (Å²) < 4.78 is 6.77. The number of aryl methyl sites for hydroxylation is 2. The third-order valence-electron chi connectivity index (χ3n) is 4.91. The smallest absolute Gasteiger partial charge is 0.331 e. The van der Waals surface area contributed by atoms with Crippen LogP contribution in [0.25, 0.3) is 21.3 Å². The Balaban J connectivity index is 2.36. The Bertz CT molecular complexity index is 1110. The van der Waals surface area contributed by atoms with Crippen LogP contribution in [-0.2, 0) is 21.5 Å². The van der Waals surface area contributed by atoms with Gasteiger partial charge in [-0.3, -0.25) is 9.36 Å². The Morgan fingerprint density at radius 1 is 1.24 bits per heavy atom. The first-order chi connectivity index (χ1) is 13.7. The molecular weight excluding hydrogens is 408 g/mol. The third-order valence-corrected chi connectivity index (χ3v) is 6.16. The normalized spacial score (nSPS) is 11.8. The second-order valence-corrected chi connectivity index (χ2v) is 9.06. The fraction of sp³-hybridized carbons (Fsp3) is 0.409. The molecule has 0 N–H and O–H groups in total. The van der Waals surface area contributed by atoms with E-state index >= 15 is 0 Å². The van der Waals surface area contributed by atoms with E-state index in [1.807, 2.05) is 26.0 Å². The molecule has 29 heavy (non-hydrogen) atoms. The number of aromatic nitrogens is 2. The molecule has 0 aliphatic rings. The summed E-state index contributed by atoms with van der Waals surface area (Å²) in [5.41, 5.74) is 0.369. The van der Waals surface area contributed by atoms with E-state index in [1.54, 1.807) is 32.9 Å². The van der Waals surface area contributed by atoms with Crippen molar-refractivity contribution in [3.8, 4) is 11.1 Å². The first-order valence-electron chi connectivity index (χ1n) is 9.71. The number of rotatable bonds is 6. The number of benzene rings is 1. The second-order valence-electron chi connectivity index (χ2n) is 7.42. The number of halogens is 1. The standard InChI is InChI=1S/C22H25ClN2O3S/c1-6-8-16-24-19-18(20(26)25(16)22(4,5)21(27)28-7-2)17(13(3)29-19)14-9-11-15(23)12-10-14/h9-12H,6-8H2,1-5H3. The summed E-state index contributed by atoms with van der Waals surface area (Å²) in [4.78, 5) is 32.9. The number of carbonyl (C=O) groups excluding carboxylic acids is 1. The maximum absolute atomic E-state index is 13.7. The number of carbonyl (C=O) groups is 1. The number of esters is 1. The monoisotopic (exact) mass is 432 g/mol. The Morgan fingerprint density at radius 3 is 2.48 bits per heavy atom. The van der Waals surface area contributed by atoms with Gasteiger partial charge in [0.2, 0.25) is 0 Å². The van der Waals surface area contributed by atoms with Crippen LogP contribution in [0.5, 0.6) is 0 Å². The molecule has 154 valence electrons. The molecule has 0 atom stereocenters. The molecule has 0 fully saturated rings. The molecule has 0 saturated carbocycles. The lowest BCUT2D eigenvalue weighted by molar-refractivity contribution is -0.152. The van der Waals surface area contributed by atoms with Gasteiger partial charge < -0.3 is 4.74 Å². The van der Waals surface area contributed by atoms with Gasteiger partial charge in [-0.2, -0.15) is 0 Å². The summed E-state index contributed by atoms with van der Waals surface area (Å²) in [5, 5.41) is 1.17. The van der Waals surface area contributed by atoms with E-state index in [0.717, 1.165) is 22.4 Å². The molecule has 0 unspecified atom stereocenters. The van der Waals surface area contributed by atoms with Crippen LogP contribution in [0.1, 0.15) is 44.8 Å². The van der Waals surface area contributed by atoms with Crippen molar-refractivity contribution >= 4 is 39.1 Å². The average Bonchev–Trinajstić information content (AvgIpc) is 2.99. The minimum atomic E-state index is -1.16. The van der Waals surface area contributed by atoms with E-state index in [-0.39, 0.29) is 12.2 Å². The molecule has 1 aromatic carbocycles. The van der Waals surface area contributed by atoms with Crippen LogP contribution in [0.2, 0.25) is 5.02 Å². The van der Waals surface area contributed by atoms with E-state index in [4.69, 9.17) is 21.3 Å². The van der Waals surface area contributed by atoms with Gasteiger partial charge in [0.25, 0.3) is 5.56 Å². The molecule has 0 bridgehead atoms. The highest BCUT2D eigenvalue weighted by molar-refractivity contribution is 7.19. The van der Waals surface area contributed by atoms with E-state index in [0.29, 0.717) is 27.5 Å². The summed E-state index contributed by atoms with van der Waals surface area (Å²) in [6.07, 6.45) is 1.41. The Labute approximate surface area is 179 Å². The van der Waals surface area contributed by atoms with Crippen LogP contribution in [0.15, 0.2) is 29.1 Å². The van der Waals surface area contributed by atoms with Gasteiger partial charge in [0.1, 0.15) is 16.2 Å². The fourth-order valence-electron chi connectivity index (χ4n) is 3.53. The Morgan fingerprint density at radius 2 is 1.90 bits per heavy atom. The number of hydrogen-bond donors (Lipinski definition) is 0. The van der Waals surface area contributed by atoms with Crippen LogP contribution in [0.3, 0.4) is 0 Å². The molecule has 0 amide bonds. The van der Waals surface area contributed by atoms with E-state index in [1.165, 1.54) is 15.9 Å². The zero-order valence-corrected chi connectivity index (χ0v) is 18.9. The summed E-state index contributed by atoms with van der Waals surface area (Å²) in [6.45, 7) is 9.43. The molecule has 0 spiro atoms. The van der Waals surface area contributed by atoms with Crippen molar-refractivity contribution in [2.45, 2.75) is 53.0 Å². The fourth-order valence-corrected chi connectivity index (χ4v) is 4.71. The number of hydrogen-bond acceptors (Lipinski definition) is 5. The lowest BCUT2D eigenvalue weighted by Crippen LogP contribution is -2.45. The van der Waals surface area contributed by atoms with Crippen molar-refractivity contribution in [1.29, 1.82) is 0 Å². The topological polar surface area (TPSA) is 61.2 Å². The van der Waals surface area contributed by atoms with Gasteiger partial charge in [-0.25, -0.2) is 9.78 Å². The molecule has 3 aromatic rings. The van der Waals surface area contributed by atoms with Crippen LogP contribution in [-0.4, -0.2) is 22.1 Å². The average molecular weight is 433 g/mol. The minimum absolute atomic E-state index is 0.217. The van der Waals surface area contributed by atoms with Crippen molar-refractivity contribution in [3.63, 3.8) is 0 Å². The molecule has 0 aliphatic carbocycles. The summed E-state index contributed by atoms with van der Waals surface area (Å²) >= 11 is 7.54. The predicted octanol–water partition coefficient (Wildman–Crippen LogP) is 5.34. The van der Waals surface area contributed by atoms with Gasteiger partial charge in [-0.1, -0.05) is 30.7 Å². The van der Waals surface area contributed by atoms with E-state index in [9.17, 15) is 9.59 Å². The van der Waals surface area contributed by atoms with Crippen molar-refractivity contribution in [2.24, 2.45) is 0 Å². The third kappa shape index (κ3) is 3.83. The molecule has 0 radical (unpaired) electrons. The van der Waals surface area contributed by atoms with E-state index in [2.05, 4.69) is 0 Å². The van der Waals surface area contributed by atoms with Gasteiger partial charge in [0, 0.05) is 21.9 Å². The van der Waals surface area contributed by atoms with Crippen molar-refractivity contribution in [2.75, 3.05) is 6.61 Å². The zero-order chi connectivity index (χ0) is 21.3.